The number of nitrogens with one attached hydrogen (secondary N) is 2. The molecule has 27 heavy (non-hydrogen) atoms. The van der Waals surface area contributed by atoms with E-state index in [1.807, 2.05) is 19.9 Å². The smallest absolute Gasteiger partial charge is 0.274 e. The first-order valence-corrected chi connectivity index (χ1v) is 8.51. The predicted molar refractivity (Wildman–Crippen MR) is 105 cm³/mol. The van der Waals surface area contributed by atoms with Gasteiger partial charge in [0.15, 0.2) is 0 Å². The van der Waals surface area contributed by atoms with Crippen molar-refractivity contribution >= 4 is 34.7 Å². The second-order valence-corrected chi connectivity index (χ2v) is 6.41. The fourth-order valence-corrected chi connectivity index (χ4v) is 2.98. The summed E-state index contributed by atoms with van der Waals surface area (Å²) in [7, 11) is 0. The van der Waals surface area contributed by atoms with Crippen molar-refractivity contribution in [1.82, 2.24) is 9.97 Å². The predicted octanol–water partition coefficient (Wildman–Crippen LogP) is 4.61. The Morgan fingerprint density at radius 2 is 1.96 bits per heavy atom. The Balaban J connectivity index is 1.81. The molecule has 0 saturated heterocycles. The Hall–Kier alpha value is -3.43. The number of carbonyl (C=O) groups excluding carboxylic acids is 1. The molecule has 6 nitrogen and oxygen atoms in total. The molecule has 2 N–H and O–H groups in total. The number of rotatable bonds is 4. The number of nitrogens with zero attached hydrogens (tertiary/aromatic N) is 3. The minimum Gasteiger partial charge on any atom is -0.340 e. The Kier molecular flexibility index (Phi) is 5.34. The van der Waals surface area contributed by atoms with Crippen molar-refractivity contribution in [1.29, 1.82) is 5.26 Å². The highest BCUT2D eigenvalue weighted by Crippen LogP contribution is 2.27. The average molecular weight is 378 g/mol. The summed E-state index contributed by atoms with van der Waals surface area (Å²) in [6.45, 7) is 3.82. The van der Waals surface area contributed by atoms with Crippen LogP contribution in [0.4, 0.5) is 17.2 Å². The van der Waals surface area contributed by atoms with Crippen molar-refractivity contribution < 1.29 is 4.79 Å². The minimum atomic E-state index is -0.389. The maximum atomic E-state index is 12.6. The normalized spacial score (nSPS) is 10.1. The monoisotopic (exact) mass is 377 g/mol. The number of hydrogen-bond acceptors (Lipinski definition) is 5. The highest BCUT2D eigenvalue weighted by molar-refractivity contribution is 6.34. The Morgan fingerprint density at radius 1 is 1.15 bits per heavy atom. The van der Waals surface area contributed by atoms with E-state index in [9.17, 15) is 4.79 Å². The lowest BCUT2D eigenvalue weighted by atomic mass is 10.1. The first kappa shape index (κ1) is 18.4. The molecule has 1 aromatic heterocycles. The Labute approximate surface area is 161 Å². The second-order valence-electron chi connectivity index (χ2n) is 6.00. The molecule has 1 heterocycles. The Morgan fingerprint density at radius 3 is 2.70 bits per heavy atom. The number of benzene rings is 2. The molecule has 0 aliphatic rings. The molecule has 0 radical (unpaired) electrons. The van der Waals surface area contributed by atoms with Gasteiger partial charge in [-0.2, -0.15) is 5.26 Å². The number of halogens is 1. The summed E-state index contributed by atoms with van der Waals surface area (Å²) in [6.07, 6.45) is 1.30. The van der Waals surface area contributed by atoms with Gasteiger partial charge in [0, 0.05) is 11.8 Å². The molecule has 0 aliphatic carbocycles. The van der Waals surface area contributed by atoms with Crippen LogP contribution in [0.2, 0.25) is 5.02 Å². The number of anilines is 3. The summed E-state index contributed by atoms with van der Waals surface area (Å²) in [5.74, 6) is 0.0528. The molecular weight excluding hydrogens is 362 g/mol. The number of carbonyl (C=O) groups is 1. The van der Waals surface area contributed by atoms with Crippen LogP contribution >= 0.6 is 11.6 Å². The van der Waals surface area contributed by atoms with E-state index in [-0.39, 0.29) is 11.6 Å². The van der Waals surface area contributed by atoms with Crippen LogP contribution in [0.15, 0.2) is 48.8 Å². The largest absolute Gasteiger partial charge is 0.340 e. The number of aryl methyl sites for hydroxylation is 2. The zero-order chi connectivity index (χ0) is 19.4. The van der Waals surface area contributed by atoms with Gasteiger partial charge in [-0.15, -0.1) is 0 Å². The van der Waals surface area contributed by atoms with Crippen LogP contribution in [-0.4, -0.2) is 15.9 Å². The highest BCUT2D eigenvalue weighted by atomic mass is 35.5. The van der Waals surface area contributed by atoms with Crippen molar-refractivity contribution in [3.63, 3.8) is 0 Å². The van der Waals surface area contributed by atoms with Crippen LogP contribution < -0.4 is 10.6 Å². The summed E-state index contributed by atoms with van der Waals surface area (Å²) in [4.78, 5) is 20.7. The van der Waals surface area contributed by atoms with Crippen molar-refractivity contribution in [2.24, 2.45) is 0 Å². The van der Waals surface area contributed by atoms with Crippen LogP contribution in [-0.2, 0) is 0 Å². The van der Waals surface area contributed by atoms with Gasteiger partial charge >= 0.3 is 0 Å². The molecule has 0 atom stereocenters. The lowest BCUT2D eigenvalue weighted by molar-refractivity contribution is 0.102. The standard InChI is InChI=1S/C20H16ClN5O/c1-12-6-13(2)19(16(21)7-12)26-20(27)17-9-18(24-11-23-17)25-15-5-3-4-14(8-15)10-22/h3-9,11H,1-2H3,(H,26,27)(H,23,24,25). The molecule has 0 unspecified atom stereocenters. The summed E-state index contributed by atoms with van der Waals surface area (Å²) < 4.78 is 0. The maximum absolute atomic E-state index is 12.6. The SMILES string of the molecule is Cc1cc(C)c(NC(=O)c2cc(Nc3cccc(C#N)c3)ncn2)c(Cl)c1. The number of nitriles is 1. The first-order chi connectivity index (χ1) is 13.0. The minimum absolute atomic E-state index is 0.194. The lowest BCUT2D eigenvalue weighted by Gasteiger charge is -2.12. The lowest BCUT2D eigenvalue weighted by Crippen LogP contribution is -2.15. The average Bonchev–Trinajstić information content (AvgIpc) is 2.65. The molecule has 0 saturated carbocycles. The molecule has 7 heteroatoms. The third-order valence-corrected chi connectivity index (χ3v) is 4.13. The molecule has 0 aliphatic heterocycles. The molecule has 3 rings (SSSR count). The summed E-state index contributed by atoms with van der Waals surface area (Å²) in [5, 5.41) is 15.3. The van der Waals surface area contributed by atoms with Crippen LogP contribution in [0.3, 0.4) is 0 Å². The molecule has 3 aromatic rings. The van der Waals surface area contributed by atoms with E-state index in [2.05, 4.69) is 26.7 Å². The van der Waals surface area contributed by atoms with Gasteiger partial charge < -0.3 is 10.6 Å². The van der Waals surface area contributed by atoms with Crippen LogP contribution in [0, 0.1) is 25.2 Å². The Bertz CT molecular complexity index is 1040. The van der Waals surface area contributed by atoms with Gasteiger partial charge in [-0.25, -0.2) is 9.97 Å². The van der Waals surface area contributed by atoms with E-state index in [4.69, 9.17) is 16.9 Å². The molecular formula is C20H16ClN5O. The van der Waals surface area contributed by atoms with Gasteiger partial charge in [0.2, 0.25) is 0 Å². The number of hydrogen-bond donors (Lipinski definition) is 2. The van der Waals surface area contributed by atoms with E-state index in [1.54, 1.807) is 30.3 Å². The molecule has 2 aromatic carbocycles. The van der Waals surface area contributed by atoms with Gasteiger partial charge in [-0.05, 0) is 49.2 Å². The number of amides is 1. The van der Waals surface area contributed by atoms with Crippen LogP contribution in [0.25, 0.3) is 0 Å². The second kappa shape index (κ2) is 7.85. The quantitative estimate of drug-likeness (QED) is 0.692. The third-order valence-electron chi connectivity index (χ3n) is 3.83. The van der Waals surface area contributed by atoms with Crippen molar-refractivity contribution in [3.8, 4) is 6.07 Å². The summed E-state index contributed by atoms with van der Waals surface area (Å²) in [6, 6.07) is 14.3. The van der Waals surface area contributed by atoms with Crippen molar-refractivity contribution in [3.05, 3.63) is 76.2 Å². The van der Waals surface area contributed by atoms with Crippen LogP contribution in [0.1, 0.15) is 27.2 Å². The third kappa shape index (κ3) is 4.40. The fourth-order valence-electron chi connectivity index (χ4n) is 2.62. The van der Waals surface area contributed by atoms with E-state index in [1.165, 1.54) is 12.4 Å². The summed E-state index contributed by atoms with van der Waals surface area (Å²) in [5.41, 5.74) is 3.85. The maximum Gasteiger partial charge on any atom is 0.274 e. The van der Waals surface area contributed by atoms with Gasteiger partial charge in [0.25, 0.3) is 5.91 Å². The fraction of sp³-hybridized carbons (Fsp3) is 0.100. The first-order valence-electron chi connectivity index (χ1n) is 8.13. The van der Waals surface area contributed by atoms with E-state index in [0.29, 0.717) is 27.8 Å². The molecule has 0 bridgehead atoms. The molecule has 0 spiro atoms. The van der Waals surface area contributed by atoms with Gasteiger partial charge in [0.1, 0.15) is 17.8 Å². The zero-order valence-corrected chi connectivity index (χ0v) is 15.5. The topological polar surface area (TPSA) is 90.7 Å². The van der Waals surface area contributed by atoms with Gasteiger partial charge in [0.05, 0.1) is 22.3 Å². The zero-order valence-electron chi connectivity index (χ0n) is 14.7. The van der Waals surface area contributed by atoms with Gasteiger partial charge in [-0.3, -0.25) is 4.79 Å². The molecule has 134 valence electrons. The van der Waals surface area contributed by atoms with Crippen molar-refractivity contribution in [2.75, 3.05) is 10.6 Å². The van der Waals surface area contributed by atoms with E-state index in [0.717, 1.165) is 11.1 Å². The van der Waals surface area contributed by atoms with Crippen LogP contribution in [0.5, 0.6) is 0 Å². The van der Waals surface area contributed by atoms with E-state index >= 15 is 0 Å². The van der Waals surface area contributed by atoms with Crippen molar-refractivity contribution in [2.45, 2.75) is 13.8 Å². The number of aromatic nitrogens is 2. The molecule has 0 fully saturated rings. The highest BCUT2D eigenvalue weighted by Gasteiger charge is 2.13. The van der Waals surface area contributed by atoms with E-state index < -0.39 is 0 Å². The molecule has 1 amide bonds. The summed E-state index contributed by atoms with van der Waals surface area (Å²) >= 11 is 6.25. The van der Waals surface area contributed by atoms with Gasteiger partial charge in [-0.1, -0.05) is 23.7 Å².